The summed E-state index contributed by atoms with van der Waals surface area (Å²) in [6, 6.07) is 14.9. The van der Waals surface area contributed by atoms with Gasteiger partial charge in [0.05, 0.1) is 7.11 Å². The molecule has 0 bridgehead atoms. The van der Waals surface area contributed by atoms with Gasteiger partial charge in [-0.3, -0.25) is 9.69 Å². The highest BCUT2D eigenvalue weighted by atomic mass is 28.4. The quantitative estimate of drug-likeness (QED) is 0.472. The van der Waals surface area contributed by atoms with Crippen molar-refractivity contribution in [3.63, 3.8) is 0 Å². The van der Waals surface area contributed by atoms with Crippen molar-refractivity contribution in [2.24, 2.45) is 0 Å². The van der Waals surface area contributed by atoms with Crippen LogP contribution in [0.5, 0.6) is 11.5 Å². The normalized spacial score (nSPS) is 22.5. The zero-order chi connectivity index (χ0) is 25.4. The van der Waals surface area contributed by atoms with Gasteiger partial charge in [-0.15, -0.1) is 0 Å². The molecule has 1 heterocycles. The summed E-state index contributed by atoms with van der Waals surface area (Å²) in [6.07, 6.45) is -6.28. The minimum Gasteiger partial charge on any atom is -0.497 e. The van der Waals surface area contributed by atoms with E-state index in [1.807, 2.05) is 0 Å². The van der Waals surface area contributed by atoms with Crippen LogP contribution >= 0.6 is 0 Å². The van der Waals surface area contributed by atoms with Gasteiger partial charge < -0.3 is 18.6 Å². The van der Waals surface area contributed by atoms with Crippen molar-refractivity contribution in [2.45, 2.75) is 57.2 Å². The second-order valence-electron chi connectivity index (χ2n) is 9.50. The van der Waals surface area contributed by atoms with Crippen LogP contribution in [0.3, 0.4) is 0 Å². The minimum atomic E-state index is -4.92. The Labute approximate surface area is 198 Å². The van der Waals surface area contributed by atoms with Gasteiger partial charge >= 0.3 is 6.18 Å². The molecule has 0 aromatic heterocycles. The first-order valence-electron chi connectivity index (χ1n) is 10.8. The van der Waals surface area contributed by atoms with E-state index in [1.54, 1.807) is 74.2 Å². The molecule has 0 N–H and O–H groups in total. The number of hydrogen-bond acceptors (Lipinski definition) is 5. The molecule has 2 unspecified atom stereocenters. The van der Waals surface area contributed by atoms with E-state index < -0.39 is 44.6 Å². The molecule has 0 radical (unpaired) electrons. The molecule has 6 nitrogen and oxygen atoms in total. The Bertz CT molecular complexity index is 992. The molecule has 1 amide bonds. The van der Waals surface area contributed by atoms with Crippen molar-refractivity contribution in [3.05, 3.63) is 60.2 Å². The number of carbonyl (C=O) groups excluding carboxylic acids is 1. The molecule has 1 aliphatic heterocycles. The van der Waals surface area contributed by atoms with Crippen LogP contribution in [0.4, 0.5) is 13.2 Å². The number of benzene rings is 2. The average Bonchev–Trinajstić information content (AvgIpc) is 2.99. The van der Waals surface area contributed by atoms with Crippen LogP contribution in [-0.2, 0) is 14.0 Å². The van der Waals surface area contributed by atoms with Gasteiger partial charge in [0.2, 0.25) is 0 Å². The highest BCUT2D eigenvalue weighted by molar-refractivity contribution is 6.69. The summed E-state index contributed by atoms with van der Waals surface area (Å²) in [5.41, 5.74) is -1.56. The van der Waals surface area contributed by atoms with Gasteiger partial charge in [0.15, 0.2) is 21.2 Å². The fourth-order valence-electron chi connectivity index (χ4n) is 4.02. The fraction of sp³-hybridized carbons (Fsp3) is 0.458. The number of nitrogens with zero attached hydrogens (tertiary/aromatic N) is 1. The molecule has 3 rings (SSSR count). The van der Waals surface area contributed by atoms with E-state index in [9.17, 15) is 18.0 Å². The van der Waals surface area contributed by atoms with E-state index in [0.717, 1.165) is 4.90 Å². The first-order valence-corrected chi connectivity index (χ1v) is 14.2. The fourth-order valence-corrected chi connectivity index (χ4v) is 5.29. The highest BCUT2D eigenvalue weighted by Gasteiger charge is 2.75. The lowest BCUT2D eigenvalue weighted by Gasteiger charge is -2.45. The maximum atomic E-state index is 14.7. The molecule has 1 aliphatic rings. The van der Waals surface area contributed by atoms with Gasteiger partial charge in [-0.1, -0.05) is 30.3 Å². The number of rotatable bonds is 7. The van der Waals surface area contributed by atoms with Crippen LogP contribution in [0.1, 0.15) is 25.6 Å². The van der Waals surface area contributed by atoms with E-state index in [2.05, 4.69) is 0 Å². The van der Waals surface area contributed by atoms with Crippen molar-refractivity contribution in [3.8, 4) is 11.5 Å². The van der Waals surface area contributed by atoms with Crippen molar-refractivity contribution >= 4 is 14.2 Å². The Kier molecular flexibility index (Phi) is 7.08. The molecule has 186 valence electrons. The molecule has 34 heavy (non-hydrogen) atoms. The summed E-state index contributed by atoms with van der Waals surface area (Å²) in [6.45, 7) is 7.08. The van der Waals surface area contributed by atoms with Crippen LogP contribution in [0.15, 0.2) is 54.6 Å². The van der Waals surface area contributed by atoms with Crippen LogP contribution < -0.4 is 9.47 Å². The molecule has 2 aromatic rings. The first kappa shape index (κ1) is 26.0. The third kappa shape index (κ3) is 4.94. The number of amides is 1. The molecule has 1 fully saturated rings. The Hall–Kier alpha value is -2.56. The molecule has 0 aliphatic carbocycles. The summed E-state index contributed by atoms with van der Waals surface area (Å²) in [4.78, 5) is 14.5. The number of carbonyl (C=O) groups is 1. The van der Waals surface area contributed by atoms with Crippen molar-refractivity contribution < 1.29 is 36.6 Å². The molecule has 0 spiro atoms. The maximum absolute atomic E-state index is 14.7. The predicted molar refractivity (Wildman–Crippen MR) is 123 cm³/mol. The van der Waals surface area contributed by atoms with Gasteiger partial charge in [0.1, 0.15) is 17.0 Å². The summed E-state index contributed by atoms with van der Waals surface area (Å²) in [5, 5.41) is 0. The molecule has 1 saturated heterocycles. The number of methoxy groups -OCH3 is 1. The van der Waals surface area contributed by atoms with Gasteiger partial charge in [0, 0.05) is 5.56 Å². The van der Waals surface area contributed by atoms with E-state index >= 15 is 0 Å². The molecule has 2 aromatic carbocycles. The van der Waals surface area contributed by atoms with Crippen LogP contribution in [-0.4, -0.2) is 50.3 Å². The van der Waals surface area contributed by atoms with Gasteiger partial charge in [-0.2, -0.15) is 13.2 Å². The standard InChI is InChI=1S/C24H30F3NO5Si/c1-22(2)23(24(25,26)27,33-34(4,5)6)32-21(17-12-14-18(30-3)15-13-17)28(22)20(29)16-31-19-10-8-7-9-11-19/h7-15,21H,16H2,1-6H3. The second-order valence-corrected chi connectivity index (χ2v) is 13.9. The van der Waals surface area contributed by atoms with Crippen molar-refractivity contribution in [2.75, 3.05) is 13.7 Å². The molecule has 0 saturated carbocycles. The Morgan fingerprint density at radius 1 is 1.03 bits per heavy atom. The average molecular weight is 498 g/mol. The third-order valence-corrected chi connectivity index (χ3v) is 6.42. The number of halogens is 3. The zero-order valence-corrected chi connectivity index (χ0v) is 21.1. The maximum Gasteiger partial charge on any atom is 0.444 e. The number of ether oxygens (including phenoxy) is 3. The summed E-state index contributed by atoms with van der Waals surface area (Å²) in [7, 11) is -1.32. The largest absolute Gasteiger partial charge is 0.497 e. The van der Waals surface area contributed by atoms with E-state index in [0.29, 0.717) is 17.1 Å². The van der Waals surface area contributed by atoms with Gasteiger partial charge in [-0.05, 0) is 57.8 Å². The molecule has 2 atom stereocenters. The first-order chi connectivity index (χ1) is 15.7. The highest BCUT2D eigenvalue weighted by Crippen LogP contribution is 2.56. The van der Waals surface area contributed by atoms with E-state index in [4.69, 9.17) is 18.6 Å². The van der Waals surface area contributed by atoms with E-state index in [-0.39, 0.29) is 0 Å². The summed E-state index contributed by atoms with van der Waals surface area (Å²) in [5.74, 6) is -2.75. The lowest BCUT2D eigenvalue weighted by molar-refractivity contribution is -0.363. The molecule has 10 heteroatoms. The molecular weight excluding hydrogens is 467 g/mol. The Morgan fingerprint density at radius 3 is 2.12 bits per heavy atom. The van der Waals surface area contributed by atoms with Crippen molar-refractivity contribution in [1.29, 1.82) is 0 Å². The van der Waals surface area contributed by atoms with E-state index in [1.165, 1.54) is 21.0 Å². The SMILES string of the molecule is COc1ccc(C2OC(O[Si](C)(C)C)(C(F)(F)F)C(C)(C)N2C(=O)COc2ccccc2)cc1. The molecular formula is C24H30F3NO5Si. The Morgan fingerprint density at radius 2 is 1.62 bits per heavy atom. The third-order valence-electron chi connectivity index (χ3n) is 5.52. The monoisotopic (exact) mass is 497 g/mol. The zero-order valence-electron chi connectivity index (χ0n) is 20.1. The van der Waals surface area contributed by atoms with Crippen molar-refractivity contribution in [1.82, 2.24) is 4.90 Å². The topological polar surface area (TPSA) is 57.2 Å². The second kappa shape index (κ2) is 9.24. The number of para-hydroxylation sites is 1. The predicted octanol–water partition coefficient (Wildman–Crippen LogP) is 5.52. The lowest BCUT2D eigenvalue weighted by Crippen LogP contribution is -2.67. The van der Waals surface area contributed by atoms with Gasteiger partial charge in [-0.25, -0.2) is 0 Å². The number of alkyl halides is 3. The van der Waals surface area contributed by atoms with Crippen LogP contribution in [0.25, 0.3) is 0 Å². The minimum absolute atomic E-state index is 0.354. The van der Waals surface area contributed by atoms with Gasteiger partial charge in [0.25, 0.3) is 11.7 Å². The summed E-state index contributed by atoms with van der Waals surface area (Å²) < 4.78 is 66.4. The van der Waals surface area contributed by atoms with Crippen LogP contribution in [0, 0.1) is 0 Å². The summed E-state index contributed by atoms with van der Waals surface area (Å²) >= 11 is 0. The smallest absolute Gasteiger partial charge is 0.444 e. The lowest BCUT2D eigenvalue weighted by atomic mass is 9.91. The van der Waals surface area contributed by atoms with Crippen LogP contribution in [0.2, 0.25) is 19.6 Å². The number of hydrogen-bond donors (Lipinski definition) is 0. The Balaban J connectivity index is 2.07.